The Balaban J connectivity index is 1.61. The summed E-state index contributed by atoms with van der Waals surface area (Å²) in [5, 5.41) is 13.8. The standard InChI is InChI=1S/C17H18B2F5N5O/c18-17(19)2-1-9(10(20)11(17)30)12-27-13(25-7-3-15(21,22)4-7)29-14(28-12)26-8-5-16(23,24)6-8/h7-8,11,30H,1-6H2,(H2,25,26,27,28,29). The van der Waals surface area contributed by atoms with Crippen LogP contribution in [0.4, 0.5) is 33.8 Å². The van der Waals surface area contributed by atoms with Crippen LogP contribution in [0.15, 0.2) is 5.83 Å². The van der Waals surface area contributed by atoms with Crippen LogP contribution in [0.25, 0.3) is 5.57 Å². The molecule has 0 aromatic carbocycles. The Morgan fingerprint density at radius 3 is 1.77 bits per heavy atom. The Kier molecular flexibility index (Phi) is 5.02. The lowest BCUT2D eigenvalue weighted by molar-refractivity contribution is -0.0799. The zero-order valence-corrected chi connectivity index (χ0v) is 15.8. The van der Waals surface area contributed by atoms with E-state index in [0.717, 1.165) is 0 Å². The van der Waals surface area contributed by atoms with Crippen molar-refractivity contribution in [2.45, 2.75) is 73.8 Å². The highest BCUT2D eigenvalue weighted by atomic mass is 19.3. The third-order valence-corrected chi connectivity index (χ3v) is 5.60. The second-order valence-corrected chi connectivity index (χ2v) is 8.36. The van der Waals surface area contributed by atoms with Crippen molar-refractivity contribution in [2.24, 2.45) is 0 Å². The van der Waals surface area contributed by atoms with Crippen molar-refractivity contribution < 1.29 is 27.1 Å². The highest BCUT2D eigenvalue weighted by Gasteiger charge is 2.47. The summed E-state index contributed by atoms with van der Waals surface area (Å²) in [6.45, 7) is 0. The van der Waals surface area contributed by atoms with Crippen molar-refractivity contribution in [3.05, 3.63) is 11.7 Å². The Bertz CT molecular complexity index is 824. The van der Waals surface area contributed by atoms with Crippen LogP contribution in [0, 0.1) is 0 Å². The van der Waals surface area contributed by atoms with Crippen molar-refractivity contribution in [3.8, 4) is 0 Å². The van der Waals surface area contributed by atoms with Gasteiger partial charge in [-0.1, -0.05) is 11.6 Å². The van der Waals surface area contributed by atoms with Gasteiger partial charge in [-0.05, 0) is 6.42 Å². The van der Waals surface area contributed by atoms with Gasteiger partial charge in [0.15, 0.2) is 5.82 Å². The minimum atomic E-state index is -2.78. The highest BCUT2D eigenvalue weighted by molar-refractivity contribution is 6.40. The molecule has 2 fully saturated rings. The second-order valence-electron chi connectivity index (χ2n) is 8.36. The van der Waals surface area contributed by atoms with Gasteiger partial charge in [-0.15, -0.1) is 0 Å². The molecule has 3 aliphatic carbocycles. The van der Waals surface area contributed by atoms with Crippen LogP contribution < -0.4 is 10.6 Å². The molecule has 0 spiro atoms. The SMILES string of the molecule is [B]C1([B])CCC(c2nc(NC3CC(F)(F)C3)nc(NC3CC(F)(F)C3)n2)=C(F)C1O. The molecule has 0 amide bonds. The smallest absolute Gasteiger partial charge is 0.252 e. The fourth-order valence-electron chi connectivity index (χ4n) is 3.75. The van der Waals surface area contributed by atoms with Crippen LogP contribution >= 0.6 is 0 Å². The number of halogens is 5. The first kappa shape index (κ1) is 21.3. The zero-order chi connectivity index (χ0) is 21.9. The Morgan fingerprint density at radius 2 is 1.33 bits per heavy atom. The predicted octanol–water partition coefficient (Wildman–Crippen LogP) is 2.58. The van der Waals surface area contributed by atoms with Crippen LogP contribution in [0.1, 0.15) is 44.3 Å². The summed E-state index contributed by atoms with van der Waals surface area (Å²) >= 11 is 0. The molecule has 13 heteroatoms. The maximum atomic E-state index is 14.7. The summed E-state index contributed by atoms with van der Waals surface area (Å²) in [4.78, 5) is 12.2. The minimum Gasteiger partial charge on any atom is -0.387 e. The van der Waals surface area contributed by atoms with E-state index in [2.05, 4.69) is 25.6 Å². The number of aliphatic hydroxyl groups excluding tert-OH is 1. The molecular weight excluding hydrogens is 407 g/mol. The number of aliphatic hydroxyl groups is 1. The molecule has 1 unspecified atom stereocenters. The van der Waals surface area contributed by atoms with Gasteiger partial charge >= 0.3 is 0 Å². The molecule has 1 heterocycles. The number of allylic oxidation sites excluding steroid dienone is 1. The van der Waals surface area contributed by atoms with Gasteiger partial charge in [0.2, 0.25) is 11.9 Å². The topological polar surface area (TPSA) is 83.0 Å². The van der Waals surface area contributed by atoms with Gasteiger partial charge in [0.05, 0.1) is 21.8 Å². The number of hydrogen-bond donors (Lipinski definition) is 3. The minimum absolute atomic E-state index is 0.0157. The summed E-state index contributed by atoms with van der Waals surface area (Å²) in [6, 6.07) is -1.18. The zero-order valence-electron chi connectivity index (χ0n) is 15.8. The molecule has 2 saturated carbocycles. The lowest BCUT2D eigenvalue weighted by Crippen LogP contribution is -2.45. The molecule has 1 aromatic rings. The van der Waals surface area contributed by atoms with Gasteiger partial charge in [-0.25, -0.2) is 22.0 Å². The lowest BCUT2D eigenvalue weighted by Gasteiger charge is -2.37. The molecule has 0 aliphatic heterocycles. The van der Waals surface area contributed by atoms with E-state index in [1.807, 2.05) is 0 Å². The quantitative estimate of drug-likeness (QED) is 0.497. The Labute approximate surface area is 172 Å². The van der Waals surface area contributed by atoms with Crippen LogP contribution in [0.3, 0.4) is 0 Å². The largest absolute Gasteiger partial charge is 0.387 e. The molecule has 0 saturated heterocycles. The van der Waals surface area contributed by atoms with Crippen LogP contribution in [0.5, 0.6) is 0 Å². The van der Waals surface area contributed by atoms with E-state index in [1.54, 1.807) is 0 Å². The van der Waals surface area contributed by atoms with Crippen molar-refractivity contribution >= 4 is 33.2 Å². The van der Waals surface area contributed by atoms with E-state index in [4.69, 9.17) is 15.7 Å². The first-order chi connectivity index (χ1) is 13.8. The van der Waals surface area contributed by atoms with Crippen molar-refractivity contribution in [2.75, 3.05) is 10.6 Å². The maximum absolute atomic E-state index is 14.7. The van der Waals surface area contributed by atoms with Crippen LogP contribution in [-0.2, 0) is 0 Å². The number of aromatic nitrogens is 3. The first-order valence-corrected chi connectivity index (χ1v) is 9.53. The van der Waals surface area contributed by atoms with Crippen LogP contribution in [-0.4, -0.2) is 65.8 Å². The lowest BCUT2D eigenvalue weighted by atomic mass is 9.47. The van der Waals surface area contributed by atoms with E-state index in [-0.39, 0.29) is 36.1 Å². The molecule has 158 valence electrons. The number of hydrogen-bond acceptors (Lipinski definition) is 6. The third kappa shape index (κ3) is 4.26. The van der Waals surface area contributed by atoms with E-state index >= 15 is 0 Å². The van der Waals surface area contributed by atoms with E-state index in [0.29, 0.717) is 0 Å². The fourth-order valence-corrected chi connectivity index (χ4v) is 3.75. The molecule has 3 N–H and O–H groups in total. The molecule has 4 rings (SSSR count). The average Bonchev–Trinajstić information content (AvgIpc) is 2.56. The molecule has 1 aromatic heterocycles. The molecule has 6 nitrogen and oxygen atoms in total. The summed E-state index contributed by atoms with van der Waals surface area (Å²) in [5.74, 6) is -6.90. The molecule has 3 aliphatic rings. The van der Waals surface area contributed by atoms with Gasteiger partial charge in [0.25, 0.3) is 11.8 Å². The predicted molar refractivity (Wildman–Crippen MR) is 100 cm³/mol. The maximum Gasteiger partial charge on any atom is 0.252 e. The van der Waals surface area contributed by atoms with Gasteiger partial charge < -0.3 is 15.7 Å². The van der Waals surface area contributed by atoms with Crippen molar-refractivity contribution in [1.29, 1.82) is 0 Å². The Hall–Kier alpha value is -1.91. The summed E-state index contributed by atoms with van der Waals surface area (Å²) < 4.78 is 67.2. The number of nitrogens with zero attached hydrogens (tertiary/aromatic N) is 3. The van der Waals surface area contributed by atoms with Crippen LogP contribution in [0.2, 0.25) is 5.21 Å². The molecule has 0 bridgehead atoms. The summed E-state index contributed by atoms with van der Waals surface area (Å²) in [5.41, 5.74) is -0.0552. The van der Waals surface area contributed by atoms with Gasteiger partial charge in [0, 0.05) is 43.3 Å². The average molecular weight is 425 g/mol. The summed E-state index contributed by atoms with van der Waals surface area (Å²) in [6.07, 6.45) is -3.37. The number of alkyl halides is 4. The number of rotatable bonds is 5. The Morgan fingerprint density at radius 1 is 0.867 bits per heavy atom. The van der Waals surface area contributed by atoms with Gasteiger partial charge in [0.1, 0.15) is 5.83 Å². The van der Waals surface area contributed by atoms with E-state index < -0.39 is 66.8 Å². The van der Waals surface area contributed by atoms with Crippen molar-refractivity contribution in [3.63, 3.8) is 0 Å². The second kappa shape index (κ2) is 7.06. The normalized spacial score (nSPS) is 27.9. The third-order valence-electron chi connectivity index (χ3n) is 5.60. The van der Waals surface area contributed by atoms with Gasteiger partial charge in [-0.3, -0.25) is 0 Å². The molecule has 30 heavy (non-hydrogen) atoms. The van der Waals surface area contributed by atoms with Crippen molar-refractivity contribution in [1.82, 2.24) is 15.0 Å². The monoisotopic (exact) mass is 425 g/mol. The summed E-state index contributed by atoms with van der Waals surface area (Å²) in [7, 11) is 11.4. The number of nitrogens with one attached hydrogen (secondary N) is 2. The molecule has 4 radical (unpaired) electrons. The highest BCUT2D eigenvalue weighted by Crippen LogP contribution is 2.44. The first-order valence-electron chi connectivity index (χ1n) is 9.53. The number of anilines is 2. The van der Waals surface area contributed by atoms with E-state index in [9.17, 15) is 27.1 Å². The fraction of sp³-hybridized carbons (Fsp3) is 0.706. The molecular formula is C17H18B2F5N5O. The van der Waals surface area contributed by atoms with E-state index in [1.165, 1.54) is 0 Å². The van der Waals surface area contributed by atoms with Gasteiger partial charge in [-0.2, -0.15) is 15.0 Å². The molecule has 1 atom stereocenters.